The van der Waals surface area contributed by atoms with Crippen molar-refractivity contribution in [2.24, 2.45) is 0 Å². The third-order valence-electron chi connectivity index (χ3n) is 10.7. The van der Waals surface area contributed by atoms with Gasteiger partial charge in [-0.3, -0.25) is 0 Å². The zero-order valence-corrected chi connectivity index (χ0v) is 34.9. The number of rotatable bonds is 21. The van der Waals surface area contributed by atoms with Crippen molar-refractivity contribution in [1.82, 2.24) is 0 Å². The molecule has 0 saturated carbocycles. The fraction of sp³-hybridized carbons (Fsp3) is 0.259. The van der Waals surface area contributed by atoms with Gasteiger partial charge in [0.05, 0.1) is 52.9 Å². The molecule has 6 aromatic rings. The van der Waals surface area contributed by atoms with Crippen LogP contribution in [0.5, 0.6) is 0 Å². The maximum Gasteiger partial charge on any atom is 0.160 e. The molecule has 0 radical (unpaired) electrons. The van der Waals surface area contributed by atoms with Crippen LogP contribution in [0.25, 0.3) is 0 Å². The Kier molecular flexibility index (Phi) is 15.8. The summed E-state index contributed by atoms with van der Waals surface area (Å²) in [4.78, 5) is 0. The zero-order valence-electron chi connectivity index (χ0n) is 34.9. The van der Waals surface area contributed by atoms with Crippen LogP contribution in [0.2, 0.25) is 0 Å². The summed E-state index contributed by atoms with van der Waals surface area (Å²) in [6, 6.07) is 60.8. The van der Waals surface area contributed by atoms with Crippen LogP contribution in [0.3, 0.4) is 0 Å². The Bertz CT molecular complexity index is 2080. The van der Waals surface area contributed by atoms with Gasteiger partial charge in [-0.15, -0.1) is 0 Å². The van der Waals surface area contributed by atoms with Gasteiger partial charge in [0, 0.05) is 0 Å². The molecule has 0 fully saturated rings. The lowest BCUT2D eigenvalue weighted by molar-refractivity contribution is -0.168. The first-order chi connectivity index (χ1) is 30.7. The predicted molar refractivity (Wildman–Crippen MR) is 238 cm³/mol. The maximum atomic E-state index is 6.95. The van der Waals surface area contributed by atoms with Gasteiger partial charge in [0.1, 0.15) is 24.4 Å². The summed E-state index contributed by atoms with van der Waals surface area (Å²) in [6.07, 6.45) is 0.743. The molecule has 0 unspecified atom stereocenters. The molecule has 0 amide bonds. The largest absolute Gasteiger partial charge is 0.482 e. The third kappa shape index (κ3) is 12.6. The van der Waals surface area contributed by atoms with Crippen LogP contribution in [0.15, 0.2) is 206 Å². The molecule has 0 bridgehead atoms. The van der Waals surface area contributed by atoms with Crippen LogP contribution >= 0.6 is 0 Å². The van der Waals surface area contributed by atoms with E-state index in [1.807, 2.05) is 121 Å². The second-order valence-electron chi connectivity index (χ2n) is 15.4. The standard InChI is InChI=1S/C54H54O8/c1-7-19-41(20-8-1)33-55-39-51-53(59-37-45-27-15-5-16-28-45)49(57-35-43-23-11-3-12-24-43)31-47(61-51)48-32-50(58-36-44-25-13-4-14-26-44)54(60-38-46-29-17-6-18-30-46)52(62-48)40-56-34-42-21-9-2-10-22-42/h1-32,49-54H,33-40H2/t49-,50-,51-,52-,53+,54+/m1/s1. The van der Waals surface area contributed by atoms with E-state index in [2.05, 4.69) is 72.8 Å². The van der Waals surface area contributed by atoms with Crippen LogP contribution < -0.4 is 0 Å². The minimum Gasteiger partial charge on any atom is -0.482 e. The van der Waals surface area contributed by atoms with Crippen molar-refractivity contribution >= 4 is 0 Å². The van der Waals surface area contributed by atoms with Crippen molar-refractivity contribution in [2.45, 2.75) is 76.3 Å². The molecular weight excluding hydrogens is 777 g/mol. The van der Waals surface area contributed by atoms with Gasteiger partial charge >= 0.3 is 0 Å². The van der Waals surface area contributed by atoms with Crippen LogP contribution in [0, 0.1) is 0 Å². The molecule has 0 spiro atoms. The van der Waals surface area contributed by atoms with E-state index in [1.165, 1.54) is 0 Å². The monoisotopic (exact) mass is 830 g/mol. The lowest BCUT2D eigenvalue weighted by Gasteiger charge is -2.41. The van der Waals surface area contributed by atoms with Crippen molar-refractivity contribution in [2.75, 3.05) is 13.2 Å². The number of hydrogen-bond acceptors (Lipinski definition) is 8. The Morgan fingerprint density at radius 1 is 0.306 bits per heavy atom. The molecule has 0 saturated heterocycles. The average Bonchev–Trinajstić information content (AvgIpc) is 3.33. The van der Waals surface area contributed by atoms with Crippen molar-refractivity contribution in [3.8, 4) is 0 Å². The normalized spacial score (nSPS) is 21.0. The van der Waals surface area contributed by atoms with Gasteiger partial charge in [0.25, 0.3) is 0 Å². The molecule has 6 aromatic carbocycles. The summed E-state index contributed by atoms with van der Waals surface area (Å²) < 4.78 is 53.7. The van der Waals surface area contributed by atoms with Gasteiger partial charge in [-0.25, -0.2) is 0 Å². The van der Waals surface area contributed by atoms with E-state index in [4.69, 9.17) is 37.9 Å². The van der Waals surface area contributed by atoms with Crippen LogP contribution in [-0.2, 0) is 77.5 Å². The summed E-state index contributed by atoms with van der Waals surface area (Å²) >= 11 is 0. The van der Waals surface area contributed by atoms with Gasteiger partial charge in [-0.2, -0.15) is 0 Å². The minimum absolute atomic E-state index is 0.241. The molecule has 62 heavy (non-hydrogen) atoms. The maximum absolute atomic E-state index is 6.95. The van der Waals surface area contributed by atoms with Gasteiger partial charge in [-0.1, -0.05) is 182 Å². The topological polar surface area (TPSA) is 73.8 Å². The van der Waals surface area contributed by atoms with Crippen molar-refractivity contribution in [3.05, 3.63) is 239 Å². The summed E-state index contributed by atoms with van der Waals surface area (Å²) in [6.45, 7) is 2.78. The first kappa shape index (κ1) is 42.8. The average molecular weight is 831 g/mol. The van der Waals surface area contributed by atoms with Gasteiger partial charge < -0.3 is 37.9 Å². The van der Waals surface area contributed by atoms with Gasteiger partial charge in [-0.05, 0) is 45.5 Å². The number of ether oxygens (including phenoxy) is 8. The fourth-order valence-corrected chi connectivity index (χ4v) is 7.48. The Morgan fingerprint density at radius 3 is 0.855 bits per heavy atom. The molecule has 0 N–H and O–H groups in total. The summed E-state index contributed by atoms with van der Waals surface area (Å²) in [5, 5.41) is 0. The van der Waals surface area contributed by atoms with E-state index in [0.29, 0.717) is 51.2 Å². The van der Waals surface area contributed by atoms with E-state index in [0.717, 1.165) is 33.4 Å². The first-order valence-electron chi connectivity index (χ1n) is 21.4. The van der Waals surface area contributed by atoms with E-state index >= 15 is 0 Å². The molecule has 6 atom stereocenters. The molecule has 2 aliphatic heterocycles. The Labute approximate surface area is 365 Å². The fourth-order valence-electron chi connectivity index (χ4n) is 7.48. The highest BCUT2D eigenvalue weighted by Gasteiger charge is 2.43. The molecule has 2 heterocycles. The molecule has 2 aliphatic rings. The summed E-state index contributed by atoms with van der Waals surface area (Å²) in [5.74, 6) is 1.03. The summed E-state index contributed by atoms with van der Waals surface area (Å²) in [7, 11) is 0. The van der Waals surface area contributed by atoms with E-state index in [1.54, 1.807) is 0 Å². The van der Waals surface area contributed by atoms with E-state index in [9.17, 15) is 0 Å². The van der Waals surface area contributed by atoms with Gasteiger partial charge in [0.2, 0.25) is 0 Å². The number of hydrogen-bond donors (Lipinski definition) is 0. The second kappa shape index (κ2) is 22.8. The second-order valence-corrected chi connectivity index (χ2v) is 15.4. The zero-order chi connectivity index (χ0) is 42.0. The minimum atomic E-state index is -0.559. The highest BCUT2D eigenvalue weighted by Crippen LogP contribution is 2.35. The SMILES string of the molecule is C1=C(C2=C[C@@H](OCc3ccccc3)[C@H](OCc3ccccc3)[C@@H](COCc3ccccc3)O2)O[C@H](COCc2ccccc2)[C@@H](OCc2ccccc2)[C@@H]1OCc1ccccc1. The van der Waals surface area contributed by atoms with Crippen molar-refractivity contribution in [1.29, 1.82) is 0 Å². The first-order valence-corrected chi connectivity index (χ1v) is 21.4. The van der Waals surface area contributed by atoms with Gasteiger partial charge in [0.15, 0.2) is 23.7 Å². The molecule has 8 nitrogen and oxygen atoms in total. The molecule has 318 valence electrons. The van der Waals surface area contributed by atoms with Crippen LogP contribution in [0.1, 0.15) is 33.4 Å². The van der Waals surface area contributed by atoms with Crippen molar-refractivity contribution < 1.29 is 37.9 Å². The lowest BCUT2D eigenvalue weighted by atomic mass is 9.99. The predicted octanol–water partition coefficient (Wildman–Crippen LogP) is 10.3. The smallest absolute Gasteiger partial charge is 0.160 e. The highest BCUT2D eigenvalue weighted by atomic mass is 16.6. The Morgan fingerprint density at radius 2 is 0.565 bits per heavy atom. The lowest BCUT2D eigenvalue weighted by Crippen LogP contribution is -2.50. The van der Waals surface area contributed by atoms with E-state index in [-0.39, 0.29) is 13.2 Å². The van der Waals surface area contributed by atoms with E-state index < -0.39 is 36.6 Å². The molecular formula is C54H54O8. The highest BCUT2D eigenvalue weighted by molar-refractivity contribution is 5.30. The summed E-state index contributed by atoms with van der Waals surface area (Å²) in [5.41, 5.74) is 6.31. The quantitative estimate of drug-likeness (QED) is 0.0710. The number of benzene rings is 6. The van der Waals surface area contributed by atoms with Crippen molar-refractivity contribution in [3.63, 3.8) is 0 Å². The van der Waals surface area contributed by atoms with Crippen LogP contribution in [-0.4, -0.2) is 49.8 Å². The van der Waals surface area contributed by atoms with Crippen LogP contribution in [0.4, 0.5) is 0 Å². The Balaban J connectivity index is 1.12. The molecule has 0 aromatic heterocycles. The Hall–Kier alpha value is -5.84. The molecule has 8 rings (SSSR count). The molecule has 0 aliphatic carbocycles. The third-order valence-corrected chi connectivity index (χ3v) is 10.7. The molecule has 8 heteroatoms.